The molecule has 2 heterocycles. The van der Waals surface area contributed by atoms with E-state index in [0.717, 1.165) is 37.4 Å². The Morgan fingerprint density at radius 3 is 2.90 bits per heavy atom. The first-order chi connectivity index (χ1) is 9.51. The molecular weight excluding hydrogens is 294 g/mol. The molecule has 1 atom stereocenters. The van der Waals surface area contributed by atoms with Gasteiger partial charge in [0.05, 0.1) is 0 Å². The fourth-order valence-corrected chi connectivity index (χ4v) is 4.89. The van der Waals surface area contributed by atoms with Crippen LogP contribution >= 0.6 is 11.3 Å². The number of nitrogens with one attached hydrogen (secondary N) is 2. The minimum absolute atomic E-state index is 0.426. The summed E-state index contributed by atoms with van der Waals surface area (Å²) in [4.78, 5) is 3.33. The van der Waals surface area contributed by atoms with Crippen molar-refractivity contribution in [3.63, 3.8) is 0 Å². The maximum atomic E-state index is 12.2. The van der Waals surface area contributed by atoms with Gasteiger partial charge >= 0.3 is 0 Å². The molecule has 0 spiro atoms. The van der Waals surface area contributed by atoms with E-state index < -0.39 is 10.0 Å². The van der Waals surface area contributed by atoms with E-state index in [2.05, 4.69) is 22.0 Å². The van der Waals surface area contributed by atoms with E-state index in [1.807, 2.05) is 13.1 Å². The number of hydrogen-bond acceptors (Lipinski definition) is 5. The van der Waals surface area contributed by atoms with Crippen LogP contribution in [0, 0.1) is 5.92 Å². The SMILES string of the molecule is CNCCc1ccc(S(=O)(=O)NCC2CCN(C)C2)s1. The molecule has 1 fully saturated rings. The molecule has 0 aromatic carbocycles. The van der Waals surface area contributed by atoms with Gasteiger partial charge in [-0.1, -0.05) is 0 Å². The average Bonchev–Trinajstić information content (AvgIpc) is 3.03. The number of nitrogens with zero attached hydrogens (tertiary/aromatic N) is 1. The standard InChI is InChI=1S/C13H23N3O2S2/c1-14-7-5-12-3-4-13(19-12)20(17,18)15-9-11-6-8-16(2)10-11/h3-4,11,14-15H,5-10H2,1-2H3. The molecule has 0 radical (unpaired) electrons. The Kier molecular flexibility index (Phi) is 5.57. The van der Waals surface area contributed by atoms with Crippen molar-refractivity contribution in [3.05, 3.63) is 17.0 Å². The van der Waals surface area contributed by atoms with Gasteiger partial charge in [0, 0.05) is 18.0 Å². The first kappa shape index (κ1) is 15.9. The lowest BCUT2D eigenvalue weighted by atomic mass is 10.1. The fourth-order valence-electron chi connectivity index (χ4n) is 2.38. The Labute approximate surface area is 125 Å². The molecule has 2 N–H and O–H groups in total. The lowest BCUT2D eigenvalue weighted by Gasteiger charge is -2.11. The van der Waals surface area contributed by atoms with Crippen LogP contribution in [0.15, 0.2) is 16.3 Å². The molecule has 0 saturated carbocycles. The molecule has 20 heavy (non-hydrogen) atoms. The van der Waals surface area contributed by atoms with Gasteiger partial charge in [-0.05, 0) is 58.1 Å². The van der Waals surface area contributed by atoms with E-state index in [1.54, 1.807) is 6.07 Å². The molecule has 7 heteroatoms. The second-order valence-corrected chi connectivity index (χ2v) is 8.51. The third-order valence-electron chi connectivity index (χ3n) is 3.57. The van der Waals surface area contributed by atoms with Crippen molar-refractivity contribution in [1.29, 1.82) is 0 Å². The van der Waals surface area contributed by atoms with Crippen molar-refractivity contribution >= 4 is 21.4 Å². The zero-order chi connectivity index (χ0) is 14.6. The van der Waals surface area contributed by atoms with E-state index in [9.17, 15) is 8.42 Å². The van der Waals surface area contributed by atoms with Crippen molar-refractivity contribution in [3.8, 4) is 0 Å². The van der Waals surface area contributed by atoms with Gasteiger partial charge in [0.25, 0.3) is 0 Å². The van der Waals surface area contributed by atoms with Gasteiger partial charge in [0.1, 0.15) is 4.21 Å². The molecule has 114 valence electrons. The van der Waals surface area contributed by atoms with Gasteiger partial charge in [-0.25, -0.2) is 13.1 Å². The van der Waals surface area contributed by atoms with Crippen molar-refractivity contribution in [2.75, 3.05) is 40.3 Å². The van der Waals surface area contributed by atoms with Gasteiger partial charge < -0.3 is 10.2 Å². The zero-order valence-electron chi connectivity index (χ0n) is 12.1. The monoisotopic (exact) mass is 317 g/mol. The first-order valence-electron chi connectivity index (χ1n) is 6.93. The molecule has 0 aliphatic carbocycles. The lowest BCUT2D eigenvalue weighted by Crippen LogP contribution is -2.30. The predicted octanol–water partition coefficient (Wildman–Crippen LogP) is 0.740. The second kappa shape index (κ2) is 7.00. The Bertz CT molecular complexity index is 527. The van der Waals surface area contributed by atoms with Crippen LogP contribution in [-0.4, -0.2) is 53.6 Å². The summed E-state index contributed by atoms with van der Waals surface area (Å²) in [6.07, 6.45) is 1.93. The highest BCUT2D eigenvalue weighted by Crippen LogP contribution is 2.22. The molecule has 0 amide bonds. The number of rotatable bonds is 7. The molecule has 1 aliphatic rings. The molecule has 1 saturated heterocycles. The average molecular weight is 317 g/mol. The van der Waals surface area contributed by atoms with Gasteiger partial charge in [-0.2, -0.15) is 0 Å². The van der Waals surface area contributed by atoms with Crippen LogP contribution in [0.2, 0.25) is 0 Å². The molecule has 5 nitrogen and oxygen atoms in total. The van der Waals surface area contributed by atoms with E-state index in [1.165, 1.54) is 11.3 Å². The third kappa shape index (κ3) is 4.26. The normalized spacial score (nSPS) is 20.6. The molecule has 0 bridgehead atoms. The van der Waals surface area contributed by atoms with Crippen molar-refractivity contribution in [1.82, 2.24) is 14.9 Å². The maximum absolute atomic E-state index is 12.2. The summed E-state index contributed by atoms with van der Waals surface area (Å²) in [7, 11) is 0.626. The summed E-state index contributed by atoms with van der Waals surface area (Å²) in [6, 6.07) is 3.61. The summed E-state index contributed by atoms with van der Waals surface area (Å²) in [5.74, 6) is 0.429. The quantitative estimate of drug-likeness (QED) is 0.779. The van der Waals surface area contributed by atoms with Crippen LogP contribution in [0.4, 0.5) is 0 Å². The van der Waals surface area contributed by atoms with Crippen LogP contribution in [0.25, 0.3) is 0 Å². The number of sulfonamides is 1. The summed E-state index contributed by atoms with van der Waals surface area (Å²) in [6.45, 7) is 3.43. The Morgan fingerprint density at radius 2 is 2.25 bits per heavy atom. The minimum atomic E-state index is -3.34. The maximum Gasteiger partial charge on any atom is 0.250 e. The largest absolute Gasteiger partial charge is 0.319 e. The van der Waals surface area contributed by atoms with Crippen molar-refractivity contribution < 1.29 is 8.42 Å². The lowest BCUT2D eigenvalue weighted by molar-refractivity contribution is 0.394. The minimum Gasteiger partial charge on any atom is -0.319 e. The van der Waals surface area contributed by atoms with Crippen LogP contribution < -0.4 is 10.0 Å². The van der Waals surface area contributed by atoms with Crippen molar-refractivity contribution in [2.45, 2.75) is 17.1 Å². The molecular formula is C13H23N3O2S2. The number of likely N-dealkylation sites (tertiary alicyclic amines) is 1. The van der Waals surface area contributed by atoms with Gasteiger partial charge in [-0.3, -0.25) is 0 Å². The van der Waals surface area contributed by atoms with Crippen molar-refractivity contribution in [2.24, 2.45) is 5.92 Å². The van der Waals surface area contributed by atoms with Gasteiger partial charge in [-0.15, -0.1) is 11.3 Å². The smallest absolute Gasteiger partial charge is 0.250 e. The molecule has 2 rings (SSSR count). The van der Waals surface area contributed by atoms with E-state index in [0.29, 0.717) is 16.7 Å². The van der Waals surface area contributed by atoms with Crippen LogP contribution in [0.3, 0.4) is 0 Å². The summed E-state index contributed by atoms with van der Waals surface area (Å²) in [5.41, 5.74) is 0. The summed E-state index contributed by atoms with van der Waals surface area (Å²) in [5, 5.41) is 3.07. The first-order valence-corrected chi connectivity index (χ1v) is 9.23. The Hall–Kier alpha value is -0.470. The molecule has 1 aromatic heterocycles. The zero-order valence-corrected chi connectivity index (χ0v) is 13.7. The highest BCUT2D eigenvalue weighted by Gasteiger charge is 2.23. The Balaban J connectivity index is 1.90. The van der Waals surface area contributed by atoms with Crippen LogP contribution in [0.5, 0.6) is 0 Å². The van der Waals surface area contributed by atoms with E-state index in [4.69, 9.17) is 0 Å². The van der Waals surface area contributed by atoms with Gasteiger partial charge in [0.15, 0.2) is 0 Å². The highest BCUT2D eigenvalue weighted by atomic mass is 32.2. The molecule has 1 aromatic rings. The topological polar surface area (TPSA) is 61.4 Å². The molecule has 1 aliphatic heterocycles. The van der Waals surface area contributed by atoms with Gasteiger partial charge in [0.2, 0.25) is 10.0 Å². The number of thiophene rings is 1. The summed E-state index contributed by atoms with van der Waals surface area (Å²) >= 11 is 1.36. The Morgan fingerprint density at radius 1 is 1.45 bits per heavy atom. The van der Waals surface area contributed by atoms with Crippen LogP contribution in [-0.2, 0) is 16.4 Å². The number of likely N-dealkylation sites (N-methyl/N-ethyl adjacent to an activating group) is 1. The summed E-state index contributed by atoms with van der Waals surface area (Å²) < 4.78 is 27.6. The molecule has 1 unspecified atom stereocenters. The van der Waals surface area contributed by atoms with E-state index >= 15 is 0 Å². The van der Waals surface area contributed by atoms with Crippen LogP contribution in [0.1, 0.15) is 11.3 Å². The number of hydrogen-bond donors (Lipinski definition) is 2. The fraction of sp³-hybridized carbons (Fsp3) is 0.692. The van der Waals surface area contributed by atoms with E-state index in [-0.39, 0.29) is 0 Å². The third-order valence-corrected chi connectivity index (χ3v) is 6.63. The predicted molar refractivity (Wildman–Crippen MR) is 82.7 cm³/mol. The highest BCUT2D eigenvalue weighted by molar-refractivity contribution is 7.91. The second-order valence-electron chi connectivity index (χ2n) is 5.34.